The van der Waals surface area contributed by atoms with Crippen LogP contribution >= 0.6 is 0 Å². The van der Waals surface area contributed by atoms with Crippen LogP contribution in [0.4, 0.5) is 0 Å². The number of carbonyl (C=O) groups is 1. The lowest BCUT2D eigenvalue weighted by Crippen LogP contribution is -2.33. The number of amides is 1. The van der Waals surface area contributed by atoms with Gasteiger partial charge in [-0.3, -0.25) is 4.79 Å². The van der Waals surface area contributed by atoms with E-state index in [1.807, 2.05) is 0 Å². The molecule has 3 heteroatoms. The quantitative estimate of drug-likeness (QED) is 0.599. The van der Waals surface area contributed by atoms with Gasteiger partial charge in [0.05, 0.1) is 5.60 Å². The number of methoxy groups -OCH3 is 1. The van der Waals surface area contributed by atoms with E-state index in [-0.39, 0.29) is 11.5 Å². The van der Waals surface area contributed by atoms with Crippen molar-refractivity contribution in [3.05, 3.63) is 12.7 Å². The van der Waals surface area contributed by atoms with E-state index in [1.165, 1.54) is 6.08 Å². The van der Waals surface area contributed by atoms with Crippen molar-refractivity contribution in [3.63, 3.8) is 0 Å². The van der Waals surface area contributed by atoms with Gasteiger partial charge in [-0.05, 0) is 18.9 Å². The van der Waals surface area contributed by atoms with E-state index >= 15 is 0 Å². The largest absolute Gasteiger partial charge is 0.376 e. The molecule has 0 spiro atoms. The van der Waals surface area contributed by atoms with E-state index < -0.39 is 0 Å². The minimum absolute atomic E-state index is 0.0569. The predicted octanol–water partition coefficient (Wildman–Crippen LogP) is 0.468. The summed E-state index contributed by atoms with van der Waals surface area (Å²) in [6.07, 6.45) is 3.35. The molecule has 0 unspecified atom stereocenters. The highest BCUT2D eigenvalue weighted by Gasteiger charge is 2.42. The second-order valence-electron chi connectivity index (χ2n) is 2.81. The maximum absolute atomic E-state index is 10.7. The molecule has 62 valence electrons. The summed E-state index contributed by atoms with van der Waals surface area (Å²) >= 11 is 0. The summed E-state index contributed by atoms with van der Waals surface area (Å²) in [5.41, 5.74) is -0.0569. The molecule has 0 aliphatic heterocycles. The molecule has 0 aromatic rings. The van der Waals surface area contributed by atoms with Crippen LogP contribution in [0.5, 0.6) is 0 Å². The Balaban J connectivity index is 2.21. The van der Waals surface area contributed by atoms with Crippen molar-refractivity contribution in [2.75, 3.05) is 13.7 Å². The highest BCUT2D eigenvalue weighted by atomic mass is 16.5. The number of rotatable bonds is 4. The Kier molecular flexibility index (Phi) is 2.29. The van der Waals surface area contributed by atoms with Crippen molar-refractivity contribution in [3.8, 4) is 0 Å². The van der Waals surface area contributed by atoms with Gasteiger partial charge in [0, 0.05) is 13.7 Å². The summed E-state index contributed by atoms with van der Waals surface area (Å²) in [5.74, 6) is -0.131. The Labute approximate surface area is 66.4 Å². The second-order valence-corrected chi connectivity index (χ2v) is 2.81. The van der Waals surface area contributed by atoms with Gasteiger partial charge in [-0.2, -0.15) is 0 Å². The first-order valence-corrected chi connectivity index (χ1v) is 3.68. The first-order valence-electron chi connectivity index (χ1n) is 3.68. The lowest BCUT2D eigenvalue weighted by molar-refractivity contribution is -0.117. The van der Waals surface area contributed by atoms with Gasteiger partial charge in [-0.25, -0.2) is 0 Å². The van der Waals surface area contributed by atoms with Gasteiger partial charge in [0.25, 0.3) is 0 Å². The first-order chi connectivity index (χ1) is 5.22. The van der Waals surface area contributed by atoms with Crippen LogP contribution in [0.1, 0.15) is 12.8 Å². The normalized spacial score (nSPS) is 19.0. The molecular formula is C8H13NO2. The molecule has 1 aliphatic rings. The average Bonchev–Trinajstić information content (AvgIpc) is 2.81. The molecule has 0 heterocycles. The van der Waals surface area contributed by atoms with Crippen LogP contribution in [0.2, 0.25) is 0 Å². The van der Waals surface area contributed by atoms with E-state index in [0.29, 0.717) is 6.54 Å². The maximum atomic E-state index is 10.7. The Morgan fingerprint density at radius 3 is 2.82 bits per heavy atom. The van der Waals surface area contributed by atoms with Crippen molar-refractivity contribution < 1.29 is 9.53 Å². The molecule has 3 nitrogen and oxygen atoms in total. The Morgan fingerprint density at radius 2 is 2.45 bits per heavy atom. The van der Waals surface area contributed by atoms with Crippen LogP contribution < -0.4 is 5.32 Å². The predicted molar refractivity (Wildman–Crippen MR) is 42.2 cm³/mol. The van der Waals surface area contributed by atoms with Crippen LogP contribution in [0.3, 0.4) is 0 Å². The van der Waals surface area contributed by atoms with Gasteiger partial charge < -0.3 is 10.1 Å². The molecule has 0 atom stereocenters. The maximum Gasteiger partial charge on any atom is 0.243 e. The third-order valence-corrected chi connectivity index (χ3v) is 2.01. The third kappa shape index (κ3) is 2.05. The summed E-state index contributed by atoms with van der Waals surface area (Å²) in [6.45, 7) is 3.96. The zero-order valence-electron chi connectivity index (χ0n) is 6.72. The number of carbonyl (C=O) groups excluding carboxylic acids is 1. The van der Waals surface area contributed by atoms with Crippen molar-refractivity contribution in [1.29, 1.82) is 0 Å². The molecule has 1 amide bonds. The minimum atomic E-state index is -0.131. The van der Waals surface area contributed by atoms with Crippen molar-refractivity contribution in [2.45, 2.75) is 18.4 Å². The fourth-order valence-electron chi connectivity index (χ4n) is 0.913. The second kappa shape index (κ2) is 3.05. The smallest absolute Gasteiger partial charge is 0.243 e. The van der Waals surface area contributed by atoms with Gasteiger partial charge in [0.15, 0.2) is 0 Å². The van der Waals surface area contributed by atoms with Gasteiger partial charge >= 0.3 is 0 Å². The number of hydrogen-bond acceptors (Lipinski definition) is 2. The zero-order valence-corrected chi connectivity index (χ0v) is 6.72. The highest BCUT2D eigenvalue weighted by molar-refractivity contribution is 5.86. The molecule has 0 aromatic heterocycles. The molecule has 1 rings (SSSR count). The topological polar surface area (TPSA) is 38.3 Å². The average molecular weight is 155 g/mol. The fraction of sp³-hybridized carbons (Fsp3) is 0.625. The summed E-state index contributed by atoms with van der Waals surface area (Å²) in [6, 6.07) is 0. The zero-order chi connectivity index (χ0) is 8.32. The van der Waals surface area contributed by atoms with E-state index in [1.54, 1.807) is 7.11 Å². The number of nitrogens with one attached hydrogen (secondary N) is 1. The minimum Gasteiger partial charge on any atom is -0.376 e. The summed E-state index contributed by atoms with van der Waals surface area (Å²) in [7, 11) is 1.67. The molecule has 0 radical (unpaired) electrons. The SMILES string of the molecule is C=CC(=O)NCC1(OC)CC1. The molecule has 0 bridgehead atoms. The summed E-state index contributed by atoms with van der Waals surface area (Å²) in [4.78, 5) is 10.7. The molecule has 0 aromatic carbocycles. The molecule has 1 fully saturated rings. The van der Waals surface area contributed by atoms with Crippen LogP contribution in [0.15, 0.2) is 12.7 Å². The molecule has 11 heavy (non-hydrogen) atoms. The lowest BCUT2D eigenvalue weighted by Gasteiger charge is -2.12. The summed E-state index contributed by atoms with van der Waals surface area (Å²) in [5, 5.41) is 2.70. The standard InChI is InChI=1S/C8H13NO2/c1-3-7(10)9-6-8(11-2)4-5-8/h3H,1,4-6H2,2H3,(H,9,10). The van der Waals surface area contributed by atoms with Crippen LogP contribution in [0, 0.1) is 0 Å². The number of hydrogen-bond donors (Lipinski definition) is 1. The highest BCUT2D eigenvalue weighted by Crippen LogP contribution is 2.37. The lowest BCUT2D eigenvalue weighted by atomic mass is 10.3. The van der Waals surface area contributed by atoms with Crippen molar-refractivity contribution in [2.24, 2.45) is 0 Å². The van der Waals surface area contributed by atoms with Crippen molar-refractivity contribution >= 4 is 5.91 Å². The Hall–Kier alpha value is -0.830. The van der Waals surface area contributed by atoms with E-state index in [2.05, 4.69) is 11.9 Å². The first kappa shape index (κ1) is 8.27. The van der Waals surface area contributed by atoms with E-state index in [9.17, 15) is 4.79 Å². The Bertz CT molecular complexity index is 173. The number of ether oxygens (including phenoxy) is 1. The fourth-order valence-corrected chi connectivity index (χ4v) is 0.913. The molecular weight excluding hydrogens is 142 g/mol. The van der Waals surface area contributed by atoms with E-state index in [0.717, 1.165) is 12.8 Å². The van der Waals surface area contributed by atoms with Gasteiger partial charge in [0.2, 0.25) is 5.91 Å². The molecule has 1 aliphatic carbocycles. The summed E-state index contributed by atoms with van der Waals surface area (Å²) < 4.78 is 5.19. The Morgan fingerprint density at radius 1 is 1.82 bits per heavy atom. The van der Waals surface area contributed by atoms with Crippen LogP contribution in [-0.2, 0) is 9.53 Å². The van der Waals surface area contributed by atoms with Gasteiger partial charge in [0.1, 0.15) is 0 Å². The third-order valence-electron chi connectivity index (χ3n) is 2.01. The van der Waals surface area contributed by atoms with Crippen molar-refractivity contribution in [1.82, 2.24) is 5.32 Å². The van der Waals surface area contributed by atoms with Crippen LogP contribution in [-0.4, -0.2) is 25.2 Å². The van der Waals surface area contributed by atoms with Gasteiger partial charge in [-0.15, -0.1) is 0 Å². The molecule has 0 saturated heterocycles. The molecule has 1 saturated carbocycles. The monoisotopic (exact) mass is 155 g/mol. The molecule has 1 N–H and O–H groups in total. The van der Waals surface area contributed by atoms with Crippen LogP contribution in [0.25, 0.3) is 0 Å². The van der Waals surface area contributed by atoms with Gasteiger partial charge in [-0.1, -0.05) is 6.58 Å². The van der Waals surface area contributed by atoms with E-state index in [4.69, 9.17) is 4.74 Å².